The van der Waals surface area contributed by atoms with Crippen molar-refractivity contribution in [1.29, 1.82) is 0 Å². The zero-order chi connectivity index (χ0) is 11.0. The first-order chi connectivity index (χ1) is 6.25. The van der Waals surface area contributed by atoms with Gasteiger partial charge in [0, 0.05) is 15.9 Å². The summed E-state index contributed by atoms with van der Waals surface area (Å²) in [5.74, 6) is -0.693. The van der Waals surface area contributed by atoms with Crippen LogP contribution in [-0.4, -0.2) is 12.6 Å². The molecule has 0 heterocycles. The van der Waals surface area contributed by atoms with E-state index in [1.54, 1.807) is 15.9 Å². The molecule has 2 nitrogen and oxygen atoms in total. The number of sulfone groups is 1. The highest BCUT2D eigenvalue weighted by Gasteiger charge is 2.43. The van der Waals surface area contributed by atoms with Gasteiger partial charge >= 0.3 is 4.16 Å². The Hall–Kier alpha value is -0.560. The van der Waals surface area contributed by atoms with Crippen LogP contribution in [0.2, 0.25) is 0 Å². The van der Waals surface area contributed by atoms with Crippen LogP contribution in [0.3, 0.4) is 0 Å². The van der Waals surface area contributed by atoms with Gasteiger partial charge in [0.15, 0.2) is 0 Å². The topological polar surface area (TPSA) is 34.1 Å². The highest BCUT2D eigenvalue weighted by molar-refractivity contribution is 9.11. The average Bonchev–Trinajstić information content (AvgIpc) is 2.03. The summed E-state index contributed by atoms with van der Waals surface area (Å²) in [6.07, 6.45) is 0. The van der Waals surface area contributed by atoms with Crippen molar-refractivity contribution in [3.8, 4) is 0 Å². The maximum absolute atomic E-state index is 12.5. The van der Waals surface area contributed by atoms with Gasteiger partial charge in [0.05, 0.1) is 4.90 Å². The largest absolute Gasteiger partial charge is 0.404 e. The third-order valence-corrected chi connectivity index (χ3v) is 4.21. The molecule has 0 saturated carbocycles. The van der Waals surface area contributed by atoms with Gasteiger partial charge < -0.3 is 0 Å². The van der Waals surface area contributed by atoms with E-state index in [0.717, 1.165) is 24.3 Å². The van der Waals surface area contributed by atoms with Crippen LogP contribution < -0.4 is 0 Å². The molecule has 0 fully saturated rings. The first-order valence-electron chi connectivity index (χ1n) is 3.32. The normalized spacial score (nSPS) is 12.9. The zero-order valence-corrected chi connectivity index (χ0v) is 8.95. The average molecular weight is 289 g/mol. The molecule has 0 amide bonds. The number of rotatable bonds is 2. The standard InChI is InChI=1S/C7H4BrF3O2S/c8-7(10,11)14(12,13)6-3-1-5(9)2-4-6/h1-4H. The van der Waals surface area contributed by atoms with E-state index in [-0.39, 0.29) is 0 Å². The Morgan fingerprint density at radius 2 is 1.57 bits per heavy atom. The molecule has 0 atom stereocenters. The van der Waals surface area contributed by atoms with Gasteiger partial charge in [-0.05, 0) is 24.3 Å². The molecule has 0 N–H and O–H groups in total. The first kappa shape index (κ1) is 11.5. The fourth-order valence-electron chi connectivity index (χ4n) is 0.747. The van der Waals surface area contributed by atoms with Crippen molar-refractivity contribution in [2.24, 2.45) is 0 Å². The van der Waals surface area contributed by atoms with Gasteiger partial charge in [0.1, 0.15) is 5.82 Å². The molecule has 0 aromatic heterocycles. The first-order valence-corrected chi connectivity index (χ1v) is 5.60. The lowest BCUT2D eigenvalue weighted by Crippen LogP contribution is -2.21. The minimum Gasteiger partial charge on any atom is -0.216 e. The molecule has 0 aliphatic carbocycles. The van der Waals surface area contributed by atoms with Gasteiger partial charge in [-0.2, -0.15) is 8.78 Å². The summed E-state index contributed by atoms with van der Waals surface area (Å²) in [6.45, 7) is 0. The zero-order valence-electron chi connectivity index (χ0n) is 6.55. The minimum absolute atomic E-state index is 0.638. The molecule has 1 aromatic carbocycles. The number of halogens is 4. The van der Waals surface area contributed by atoms with Crippen LogP contribution in [0.25, 0.3) is 0 Å². The lowest BCUT2D eigenvalue weighted by Gasteiger charge is -2.09. The van der Waals surface area contributed by atoms with E-state index < -0.39 is 24.7 Å². The fourth-order valence-corrected chi connectivity index (χ4v) is 2.07. The lowest BCUT2D eigenvalue weighted by molar-refractivity contribution is 0.204. The molecular formula is C7H4BrF3O2S. The van der Waals surface area contributed by atoms with Crippen LogP contribution in [0.15, 0.2) is 29.2 Å². The molecule has 0 spiro atoms. The van der Waals surface area contributed by atoms with Gasteiger partial charge in [0.25, 0.3) is 9.84 Å². The third-order valence-electron chi connectivity index (χ3n) is 1.43. The number of hydrogen-bond acceptors (Lipinski definition) is 2. The monoisotopic (exact) mass is 288 g/mol. The molecule has 78 valence electrons. The Kier molecular flexibility index (Phi) is 2.91. The minimum atomic E-state index is -4.78. The summed E-state index contributed by atoms with van der Waals surface area (Å²) >= 11 is 1.74. The molecule has 1 rings (SSSR count). The SMILES string of the molecule is O=S(=O)(c1ccc(F)cc1)C(F)(F)Br. The predicted octanol–water partition coefficient (Wildman–Crippen LogP) is 2.54. The van der Waals surface area contributed by atoms with E-state index in [2.05, 4.69) is 0 Å². The molecule has 7 heteroatoms. The van der Waals surface area contributed by atoms with E-state index in [1.165, 1.54) is 0 Å². The van der Waals surface area contributed by atoms with E-state index in [4.69, 9.17) is 0 Å². The quantitative estimate of drug-likeness (QED) is 0.619. The van der Waals surface area contributed by atoms with Crippen molar-refractivity contribution >= 4 is 25.8 Å². The van der Waals surface area contributed by atoms with Crippen LogP contribution >= 0.6 is 15.9 Å². The summed E-state index contributed by atoms with van der Waals surface area (Å²) in [6, 6.07) is 3.15. The Morgan fingerprint density at radius 1 is 1.14 bits per heavy atom. The van der Waals surface area contributed by atoms with Crippen LogP contribution in [0.5, 0.6) is 0 Å². The van der Waals surface area contributed by atoms with Crippen molar-refractivity contribution in [3.63, 3.8) is 0 Å². The second kappa shape index (κ2) is 3.54. The Morgan fingerprint density at radius 3 is 1.93 bits per heavy atom. The second-order valence-corrected chi connectivity index (χ2v) is 5.91. The van der Waals surface area contributed by atoms with Crippen molar-refractivity contribution in [2.75, 3.05) is 0 Å². The van der Waals surface area contributed by atoms with Crippen LogP contribution in [0, 0.1) is 5.82 Å². The summed E-state index contributed by atoms with van der Waals surface area (Å²) in [7, 11) is -4.78. The van der Waals surface area contributed by atoms with Gasteiger partial charge in [-0.3, -0.25) is 0 Å². The summed E-state index contributed by atoms with van der Waals surface area (Å²) < 4.78 is 55.5. The summed E-state index contributed by atoms with van der Waals surface area (Å²) in [5.41, 5.74) is 0. The molecule has 0 radical (unpaired) electrons. The third kappa shape index (κ3) is 2.09. The van der Waals surface area contributed by atoms with Gasteiger partial charge in [-0.25, -0.2) is 12.8 Å². The maximum atomic E-state index is 12.5. The highest BCUT2D eigenvalue weighted by atomic mass is 79.9. The second-order valence-electron chi connectivity index (χ2n) is 2.40. The molecule has 0 bridgehead atoms. The van der Waals surface area contributed by atoms with Gasteiger partial charge in [-0.15, -0.1) is 0 Å². The Bertz CT molecular complexity index is 421. The van der Waals surface area contributed by atoms with Gasteiger partial charge in [-0.1, -0.05) is 0 Å². The molecule has 0 aliphatic rings. The number of alkyl halides is 3. The lowest BCUT2D eigenvalue weighted by atomic mass is 10.4. The van der Waals surface area contributed by atoms with Crippen LogP contribution in [-0.2, 0) is 9.84 Å². The molecule has 1 aromatic rings. The van der Waals surface area contributed by atoms with E-state index in [0.29, 0.717) is 0 Å². The van der Waals surface area contributed by atoms with Crippen LogP contribution in [0.1, 0.15) is 0 Å². The Labute approximate surface area is 86.8 Å². The van der Waals surface area contributed by atoms with Gasteiger partial charge in [0.2, 0.25) is 0 Å². The van der Waals surface area contributed by atoms with Crippen molar-refractivity contribution in [2.45, 2.75) is 9.06 Å². The maximum Gasteiger partial charge on any atom is 0.404 e. The van der Waals surface area contributed by atoms with E-state index in [9.17, 15) is 21.6 Å². The molecule has 14 heavy (non-hydrogen) atoms. The van der Waals surface area contributed by atoms with Crippen LogP contribution in [0.4, 0.5) is 13.2 Å². The smallest absolute Gasteiger partial charge is 0.216 e. The predicted molar refractivity (Wildman–Crippen MR) is 47.5 cm³/mol. The number of benzene rings is 1. The summed E-state index contributed by atoms with van der Waals surface area (Å²) in [5, 5.41) is 0. The highest BCUT2D eigenvalue weighted by Crippen LogP contribution is 2.34. The number of hydrogen-bond donors (Lipinski definition) is 0. The van der Waals surface area contributed by atoms with Crippen molar-refractivity contribution in [1.82, 2.24) is 0 Å². The molecule has 0 aliphatic heterocycles. The summed E-state index contributed by atoms with van der Waals surface area (Å²) in [4.78, 5) is -0.638. The fraction of sp³-hybridized carbons (Fsp3) is 0.143. The molecular weight excluding hydrogens is 285 g/mol. The molecule has 0 saturated heterocycles. The van der Waals surface area contributed by atoms with Crippen molar-refractivity contribution < 1.29 is 21.6 Å². The molecule has 0 unspecified atom stereocenters. The van der Waals surface area contributed by atoms with Crippen molar-refractivity contribution in [3.05, 3.63) is 30.1 Å². The Balaban J connectivity index is 3.25. The van der Waals surface area contributed by atoms with E-state index in [1.807, 2.05) is 0 Å². The van der Waals surface area contributed by atoms with E-state index >= 15 is 0 Å².